The summed E-state index contributed by atoms with van der Waals surface area (Å²) in [5.74, 6) is -2.14. The van der Waals surface area contributed by atoms with E-state index in [0.717, 1.165) is 91.3 Å². The molecule has 4 aromatic rings. The molecule has 2 aromatic carbocycles. The third kappa shape index (κ3) is 9.04. The average Bonchev–Trinajstić information content (AvgIpc) is 3.75. The van der Waals surface area contributed by atoms with Crippen LogP contribution in [0.3, 0.4) is 0 Å². The number of aromatic nitrogens is 2. The number of alkyl halides is 3. The second-order valence-electron chi connectivity index (χ2n) is 17.4. The highest BCUT2D eigenvalue weighted by molar-refractivity contribution is 7.18. The second-order valence-corrected chi connectivity index (χ2v) is 18.4. The number of aliphatic hydroxyl groups is 1. The highest BCUT2D eigenvalue weighted by Crippen LogP contribution is 2.42. The van der Waals surface area contributed by atoms with Gasteiger partial charge in [0.25, 0.3) is 17.7 Å². The van der Waals surface area contributed by atoms with Gasteiger partial charge in [0.15, 0.2) is 0 Å². The van der Waals surface area contributed by atoms with Crippen LogP contribution in [0, 0.1) is 11.8 Å². The van der Waals surface area contributed by atoms with Crippen LogP contribution in [0.4, 0.5) is 24.5 Å². The first-order valence-electron chi connectivity index (χ1n) is 21.0. The van der Waals surface area contributed by atoms with Crippen LogP contribution in [-0.4, -0.2) is 91.7 Å². The number of rotatable bonds is 11. The van der Waals surface area contributed by atoms with E-state index in [1.165, 1.54) is 29.5 Å². The molecule has 5 amide bonds. The molecule has 4 aliphatic rings. The van der Waals surface area contributed by atoms with Crippen LogP contribution in [0.1, 0.15) is 125 Å². The number of anilines is 2. The van der Waals surface area contributed by atoms with Crippen LogP contribution in [0.5, 0.6) is 5.75 Å². The van der Waals surface area contributed by atoms with Gasteiger partial charge < -0.3 is 25.7 Å². The van der Waals surface area contributed by atoms with Crippen molar-refractivity contribution in [3.63, 3.8) is 0 Å². The van der Waals surface area contributed by atoms with E-state index in [4.69, 9.17) is 4.98 Å². The van der Waals surface area contributed by atoms with Crippen molar-refractivity contribution in [3.8, 4) is 5.75 Å². The van der Waals surface area contributed by atoms with Crippen molar-refractivity contribution in [3.05, 3.63) is 75.6 Å². The van der Waals surface area contributed by atoms with Crippen molar-refractivity contribution in [1.29, 1.82) is 0 Å². The molecule has 0 radical (unpaired) electrons. The maximum atomic E-state index is 13.5. The number of aromatic hydroxyl groups is 1. The van der Waals surface area contributed by atoms with E-state index in [-0.39, 0.29) is 41.3 Å². The molecule has 2 saturated heterocycles. The molecule has 0 bridgehead atoms. The molecule has 3 fully saturated rings. The number of phenolic OH excluding ortho intramolecular Hbond substituents is 1. The zero-order valence-corrected chi connectivity index (χ0v) is 35.1. The SMILES string of the molecule is CC(C)(O)c1cc2nc([C@H]3CC[C@H](CN4CCC(CCNc5cc(O)cc6c5C(=O)N(C5CCC(=O)NC5=O)C6=O)CC4)CC3)sc2cc1NC(=O)c1cccc(C(F)(F)F)n1. The lowest BCUT2D eigenvalue weighted by molar-refractivity contribution is -0.141. The van der Waals surface area contributed by atoms with Gasteiger partial charge in [-0.15, -0.1) is 11.3 Å². The number of piperidine rings is 2. The van der Waals surface area contributed by atoms with Gasteiger partial charge in [0.05, 0.1) is 37.6 Å². The number of carbonyl (C=O) groups is 5. The number of nitrogens with one attached hydrogen (secondary N) is 3. The number of halogens is 3. The number of amides is 5. The number of thiazole rings is 1. The summed E-state index contributed by atoms with van der Waals surface area (Å²) in [5, 5.41) is 30.5. The van der Waals surface area contributed by atoms with Crippen molar-refractivity contribution < 1.29 is 47.4 Å². The van der Waals surface area contributed by atoms with E-state index >= 15 is 0 Å². The van der Waals surface area contributed by atoms with Gasteiger partial charge in [0, 0.05) is 42.7 Å². The normalized spacial score (nSPS) is 21.6. The Labute approximate surface area is 359 Å². The molecule has 3 aliphatic heterocycles. The minimum atomic E-state index is -4.70. The van der Waals surface area contributed by atoms with Crippen molar-refractivity contribution in [2.24, 2.45) is 11.8 Å². The van der Waals surface area contributed by atoms with Gasteiger partial charge in [0.2, 0.25) is 11.8 Å². The zero-order chi connectivity index (χ0) is 44.1. The Morgan fingerprint density at radius 3 is 2.35 bits per heavy atom. The third-order valence-corrected chi connectivity index (χ3v) is 13.7. The number of pyridine rings is 1. The summed E-state index contributed by atoms with van der Waals surface area (Å²) in [6.45, 7) is 6.64. The monoisotopic (exact) mass is 875 g/mol. The van der Waals surface area contributed by atoms with E-state index in [2.05, 4.69) is 25.8 Å². The smallest absolute Gasteiger partial charge is 0.433 e. The van der Waals surface area contributed by atoms with E-state index in [1.807, 2.05) is 0 Å². The van der Waals surface area contributed by atoms with Crippen LogP contribution in [0.2, 0.25) is 0 Å². The minimum Gasteiger partial charge on any atom is -0.508 e. The molecule has 1 aliphatic carbocycles. The lowest BCUT2D eigenvalue weighted by Gasteiger charge is -2.36. The fourth-order valence-corrected chi connectivity index (χ4v) is 10.4. The summed E-state index contributed by atoms with van der Waals surface area (Å²) in [7, 11) is 0. The molecule has 1 unspecified atom stereocenters. The highest BCUT2D eigenvalue weighted by Gasteiger charge is 2.46. The Kier molecular flexibility index (Phi) is 11.9. The molecule has 5 heterocycles. The van der Waals surface area contributed by atoms with Gasteiger partial charge in [-0.25, -0.2) is 9.97 Å². The highest BCUT2D eigenvalue weighted by atomic mass is 32.1. The van der Waals surface area contributed by atoms with Crippen LogP contribution < -0.4 is 16.0 Å². The van der Waals surface area contributed by atoms with Crippen molar-refractivity contribution in [2.45, 2.75) is 95.4 Å². The Bertz CT molecular complexity index is 2430. The Balaban J connectivity index is 0.818. The number of nitrogens with zero attached hydrogens (tertiary/aromatic N) is 4. The lowest BCUT2D eigenvalue weighted by atomic mass is 9.81. The first-order valence-corrected chi connectivity index (χ1v) is 21.8. The molecule has 328 valence electrons. The maximum Gasteiger partial charge on any atom is 0.433 e. The number of imide groups is 2. The molecule has 1 atom stereocenters. The molecule has 14 nitrogen and oxygen atoms in total. The largest absolute Gasteiger partial charge is 0.508 e. The molecular weight excluding hydrogens is 828 g/mol. The minimum absolute atomic E-state index is 0.0206. The molecule has 18 heteroatoms. The van der Waals surface area contributed by atoms with Gasteiger partial charge >= 0.3 is 6.18 Å². The van der Waals surface area contributed by atoms with Crippen molar-refractivity contribution >= 4 is 62.5 Å². The number of benzene rings is 2. The van der Waals surface area contributed by atoms with Crippen molar-refractivity contribution in [1.82, 2.24) is 25.1 Å². The number of phenols is 1. The number of hydrogen-bond acceptors (Lipinski definition) is 12. The fourth-order valence-electron chi connectivity index (χ4n) is 9.23. The maximum absolute atomic E-state index is 13.5. The van der Waals surface area contributed by atoms with Crippen LogP contribution in [-0.2, 0) is 21.4 Å². The number of fused-ring (bicyclic) bond motifs is 2. The summed E-state index contributed by atoms with van der Waals surface area (Å²) < 4.78 is 40.6. The Hall–Kier alpha value is -5.46. The fraction of sp³-hybridized carbons (Fsp3) is 0.477. The summed E-state index contributed by atoms with van der Waals surface area (Å²) >= 11 is 1.53. The molecule has 0 spiro atoms. The van der Waals surface area contributed by atoms with E-state index in [1.54, 1.807) is 26.0 Å². The van der Waals surface area contributed by atoms with Gasteiger partial charge in [-0.3, -0.25) is 34.2 Å². The topological polar surface area (TPSA) is 194 Å². The van der Waals surface area contributed by atoms with E-state index in [0.29, 0.717) is 35.1 Å². The molecular formula is C44H48F3N7O7S. The first kappa shape index (κ1) is 43.2. The van der Waals surface area contributed by atoms with Gasteiger partial charge in [-0.2, -0.15) is 13.2 Å². The first-order chi connectivity index (χ1) is 29.4. The zero-order valence-electron chi connectivity index (χ0n) is 34.3. The average molecular weight is 876 g/mol. The van der Waals surface area contributed by atoms with Gasteiger partial charge in [-0.1, -0.05) is 6.07 Å². The Morgan fingerprint density at radius 1 is 0.919 bits per heavy atom. The summed E-state index contributed by atoms with van der Waals surface area (Å²) in [5.41, 5.74) is -1.09. The summed E-state index contributed by atoms with van der Waals surface area (Å²) in [6.07, 6.45) is 2.32. The summed E-state index contributed by atoms with van der Waals surface area (Å²) in [6, 6.07) is 8.17. The predicted molar refractivity (Wildman–Crippen MR) is 224 cm³/mol. The van der Waals surface area contributed by atoms with E-state index in [9.17, 15) is 47.4 Å². The predicted octanol–water partition coefficient (Wildman–Crippen LogP) is 6.78. The van der Waals surface area contributed by atoms with Gasteiger partial charge in [-0.05, 0) is 120 Å². The van der Waals surface area contributed by atoms with Gasteiger partial charge in [0.1, 0.15) is 23.2 Å². The number of likely N-dealkylation sites (tertiary alicyclic amines) is 1. The second kappa shape index (κ2) is 17.0. The van der Waals surface area contributed by atoms with Crippen molar-refractivity contribution in [2.75, 3.05) is 36.8 Å². The number of carbonyl (C=O) groups excluding carboxylic acids is 5. The molecule has 8 rings (SSSR count). The summed E-state index contributed by atoms with van der Waals surface area (Å²) in [4.78, 5) is 75.8. The lowest BCUT2D eigenvalue weighted by Crippen LogP contribution is -2.54. The Morgan fingerprint density at radius 2 is 1.66 bits per heavy atom. The molecule has 1 saturated carbocycles. The molecule has 2 aromatic heterocycles. The quantitative estimate of drug-likeness (QED) is 0.0997. The third-order valence-electron chi connectivity index (χ3n) is 12.5. The van der Waals surface area contributed by atoms with Crippen LogP contribution in [0.25, 0.3) is 10.2 Å². The number of hydrogen-bond donors (Lipinski definition) is 5. The van der Waals surface area contributed by atoms with Crippen LogP contribution in [0.15, 0.2) is 42.5 Å². The van der Waals surface area contributed by atoms with Crippen LogP contribution >= 0.6 is 11.3 Å². The molecule has 62 heavy (non-hydrogen) atoms. The molecule has 5 N–H and O–H groups in total. The van der Waals surface area contributed by atoms with E-state index < -0.39 is 58.7 Å². The standard InChI is InChI=1S/C44H48F3N7O7S/c1-43(2,61)28-20-31-34(21-30(28)50-38(57)29-4-3-5-35(49-29)44(45,46)47)62-40(51-31)25-8-6-24(7-9-25)22-53-16-13-23(14-17-53)12-15-48-32-19-26(55)18-27-37(32)42(60)54(41(27)59)33-10-11-36(56)52-39(33)58/h3-5,18-21,23-25,33,48,55,61H,6-17,22H2,1-2H3,(H,50,57)(H,52,56,58)/t24-,25-,33?.